The lowest BCUT2D eigenvalue weighted by Crippen LogP contribution is -2.32. The number of rotatable bonds is 8. The molecule has 0 fully saturated rings. The summed E-state index contributed by atoms with van der Waals surface area (Å²) in [6.07, 6.45) is 0.817. The Balaban J connectivity index is 2.58. The van der Waals surface area contributed by atoms with Crippen molar-refractivity contribution < 1.29 is 23.4 Å². The molecule has 0 unspecified atom stereocenters. The second kappa shape index (κ2) is 8.77. The van der Waals surface area contributed by atoms with Crippen LogP contribution in [0.3, 0.4) is 0 Å². The summed E-state index contributed by atoms with van der Waals surface area (Å²) in [6.45, 7) is 4.71. The van der Waals surface area contributed by atoms with Crippen LogP contribution in [0.1, 0.15) is 37.0 Å². The van der Waals surface area contributed by atoms with Gasteiger partial charge in [-0.2, -0.15) is 0 Å². The van der Waals surface area contributed by atoms with Gasteiger partial charge >= 0.3 is 0 Å². The predicted molar refractivity (Wildman–Crippen MR) is 85.4 cm³/mol. The Bertz CT molecular complexity index is 564. The van der Waals surface area contributed by atoms with E-state index in [-0.39, 0.29) is 24.6 Å². The molecule has 4 nitrogen and oxygen atoms in total. The number of amides is 1. The highest BCUT2D eigenvalue weighted by atomic mass is 19.2. The van der Waals surface area contributed by atoms with Crippen molar-refractivity contribution in [3.63, 3.8) is 0 Å². The minimum atomic E-state index is -1.24. The minimum absolute atomic E-state index is 0.127. The van der Waals surface area contributed by atoms with Crippen LogP contribution >= 0.6 is 0 Å². The van der Waals surface area contributed by atoms with Crippen molar-refractivity contribution in [1.29, 1.82) is 0 Å². The van der Waals surface area contributed by atoms with Crippen LogP contribution in [-0.2, 0) is 4.79 Å². The van der Waals surface area contributed by atoms with E-state index in [9.17, 15) is 23.4 Å². The van der Waals surface area contributed by atoms with Gasteiger partial charge in [0.1, 0.15) is 0 Å². The van der Waals surface area contributed by atoms with Gasteiger partial charge in [-0.25, -0.2) is 8.78 Å². The molecule has 0 aliphatic carbocycles. The third-order valence-electron chi connectivity index (χ3n) is 3.59. The van der Waals surface area contributed by atoms with E-state index >= 15 is 0 Å². The quantitative estimate of drug-likeness (QED) is 0.722. The third-order valence-corrected chi connectivity index (χ3v) is 3.59. The lowest BCUT2D eigenvalue weighted by atomic mass is 9.55. The van der Waals surface area contributed by atoms with Gasteiger partial charge in [0.25, 0.3) is 12.8 Å². The number of carbonyl (C=O) groups excluding carboxylic acids is 2. The van der Waals surface area contributed by atoms with Gasteiger partial charge in [0.15, 0.2) is 17.4 Å². The molecule has 0 bridgehead atoms. The Morgan fingerprint density at radius 2 is 1.96 bits per heavy atom. The summed E-state index contributed by atoms with van der Waals surface area (Å²) in [5, 5.41) is 12.0. The van der Waals surface area contributed by atoms with Gasteiger partial charge in [-0.05, 0) is 23.9 Å². The average molecular weight is 325 g/mol. The summed E-state index contributed by atoms with van der Waals surface area (Å²) in [5.41, 5.74) is -0.438. The van der Waals surface area contributed by atoms with Crippen molar-refractivity contribution in [3.05, 3.63) is 35.4 Å². The molecule has 2 N–H and O–H groups in total. The third kappa shape index (κ3) is 6.10. The number of ketones is 1. The van der Waals surface area contributed by atoms with E-state index in [0.717, 1.165) is 12.1 Å². The molecule has 0 spiro atoms. The first-order chi connectivity index (χ1) is 10.7. The smallest absolute Gasteiger partial charge is 0.289 e. The highest BCUT2D eigenvalue weighted by Gasteiger charge is 2.24. The number of carbonyl (C=O) groups is 2. The maximum Gasteiger partial charge on any atom is 0.289 e. The summed E-state index contributed by atoms with van der Waals surface area (Å²) in [7, 11) is 0. The molecule has 7 heteroatoms. The number of benzene rings is 1. The molecule has 126 valence electrons. The molecule has 0 aromatic heterocycles. The standard InChI is InChI=1S/C16H22BF2NO3/c1-10(2)7-11(17(3)23)8-12(21)9-20-16(22)13-5-4-6-14(18)15(13)19/h4-6,10-11,23H,7-9H2,1-3H3,(H,20,22)/t11-/m1/s1. The van der Waals surface area contributed by atoms with E-state index in [1.54, 1.807) is 6.82 Å². The van der Waals surface area contributed by atoms with Crippen molar-refractivity contribution in [2.75, 3.05) is 6.54 Å². The van der Waals surface area contributed by atoms with E-state index < -0.39 is 30.0 Å². The largest absolute Gasteiger partial charge is 0.450 e. The molecule has 1 amide bonds. The zero-order valence-corrected chi connectivity index (χ0v) is 13.6. The summed E-state index contributed by atoms with van der Waals surface area (Å²) in [5.74, 6) is -3.31. The summed E-state index contributed by atoms with van der Waals surface area (Å²) < 4.78 is 26.6. The molecular formula is C16H22BF2NO3. The first kappa shape index (κ1) is 19.3. The van der Waals surface area contributed by atoms with Crippen LogP contribution < -0.4 is 5.32 Å². The van der Waals surface area contributed by atoms with Crippen LogP contribution in [0.25, 0.3) is 0 Å². The topological polar surface area (TPSA) is 66.4 Å². The van der Waals surface area contributed by atoms with Gasteiger partial charge in [-0.3, -0.25) is 9.59 Å². The number of Topliss-reactive ketones (excluding diaryl/α,β-unsaturated/α-hetero) is 1. The predicted octanol–water partition coefficient (Wildman–Crippen LogP) is 2.68. The summed E-state index contributed by atoms with van der Waals surface area (Å²) in [4.78, 5) is 23.7. The molecule has 1 aromatic rings. The van der Waals surface area contributed by atoms with Crippen molar-refractivity contribution >= 4 is 18.6 Å². The first-order valence-electron chi connectivity index (χ1n) is 7.64. The molecule has 0 saturated carbocycles. The lowest BCUT2D eigenvalue weighted by Gasteiger charge is -2.18. The zero-order chi connectivity index (χ0) is 17.6. The van der Waals surface area contributed by atoms with Crippen LogP contribution in [0.15, 0.2) is 18.2 Å². The van der Waals surface area contributed by atoms with E-state index in [2.05, 4.69) is 5.32 Å². The van der Waals surface area contributed by atoms with Gasteiger partial charge in [0, 0.05) is 6.42 Å². The van der Waals surface area contributed by atoms with Gasteiger partial charge in [-0.1, -0.05) is 33.2 Å². The molecule has 0 aliphatic heterocycles. The molecule has 1 atom stereocenters. The number of nitrogens with one attached hydrogen (secondary N) is 1. The van der Waals surface area contributed by atoms with Crippen molar-refractivity contribution in [1.82, 2.24) is 5.32 Å². The van der Waals surface area contributed by atoms with Gasteiger partial charge in [0.05, 0.1) is 12.1 Å². The number of hydrogen-bond acceptors (Lipinski definition) is 3. The lowest BCUT2D eigenvalue weighted by molar-refractivity contribution is -0.118. The average Bonchev–Trinajstić information content (AvgIpc) is 2.46. The Kier molecular flexibility index (Phi) is 7.35. The summed E-state index contributed by atoms with van der Waals surface area (Å²) in [6, 6.07) is 3.28. The van der Waals surface area contributed by atoms with E-state index in [1.165, 1.54) is 6.07 Å². The number of hydrogen-bond donors (Lipinski definition) is 2. The van der Waals surface area contributed by atoms with Gasteiger partial charge < -0.3 is 10.3 Å². The Morgan fingerprint density at radius 1 is 1.30 bits per heavy atom. The maximum absolute atomic E-state index is 13.5. The second-order valence-corrected chi connectivity index (χ2v) is 6.16. The molecular weight excluding hydrogens is 303 g/mol. The van der Waals surface area contributed by atoms with Crippen LogP contribution in [0, 0.1) is 17.6 Å². The van der Waals surface area contributed by atoms with Crippen LogP contribution in [-0.4, -0.2) is 30.2 Å². The second-order valence-electron chi connectivity index (χ2n) is 6.16. The molecule has 0 aliphatic rings. The van der Waals surface area contributed by atoms with Crippen LogP contribution in [0.2, 0.25) is 12.6 Å². The maximum atomic E-state index is 13.5. The minimum Gasteiger partial charge on any atom is -0.450 e. The fourth-order valence-corrected chi connectivity index (χ4v) is 2.37. The Labute approximate surface area is 135 Å². The van der Waals surface area contributed by atoms with Gasteiger partial charge in [0.2, 0.25) is 0 Å². The molecule has 0 radical (unpaired) electrons. The number of halogens is 2. The monoisotopic (exact) mass is 325 g/mol. The summed E-state index contributed by atoms with van der Waals surface area (Å²) >= 11 is 0. The highest BCUT2D eigenvalue weighted by Crippen LogP contribution is 2.24. The molecule has 23 heavy (non-hydrogen) atoms. The van der Waals surface area contributed by atoms with Gasteiger partial charge in [-0.15, -0.1) is 0 Å². The fraction of sp³-hybridized carbons (Fsp3) is 0.500. The Hall–Kier alpha value is -1.76. The van der Waals surface area contributed by atoms with Crippen molar-refractivity contribution in [3.8, 4) is 0 Å². The van der Waals surface area contributed by atoms with E-state index in [1.807, 2.05) is 13.8 Å². The SMILES string of the molecule is CB(O)[C@@H](CC(=O)CNC(=O)c1cccc(F)c1F)CC(C)C. The zero-order valence-electron chi connectivity index (χ0n) is 13.6. The van der Waals surface area contributed by atoms with E-state index in [0.29, 0.717) is 12.3 Å². The molecule has 0 saturated heterocycles. The molecule has 1 rings (SSSR count). The molecule has 0 heterocycles. The fourth-order valence-electron chi connectivity index (χ4n) is 2.37. The van der Waals surface area contributed by atoms with Crippen LogP contribution in [0.4, 0.5) is 8.78 Å². The first-order valence-corrected chi connectivity index (χ1v) is 7.64. The van der Waals surface area contributed by atoms with E-state index in [4.69, 9.17) is 0 Å². The highest BCUT2D eigenvalue weighted by molar-refractivity contribution is 6.50. The van der Waals surface area contributed by atoms with Crippen LogP contribution in [0.5, 0.6) is 0 Å². The van der Waals surface area contributed by atoms with Crippen molar-refractivity contribution in [2.45, 2.75) is 39.3 Å². The Morgan fingerprint density at radius 3 is 2.52 bits per heavy atom. The van der Waals surface area contributed by atoms with Crippen molar-refractivity contribution in [2.24, 2.45) is 5.92 Å². The normalized spacial score (nSPS) is 12.1. The molecule has 1 aromatic carbocycles.